The van der Waals surface area contributed by atoms with Crippen molar-refractivity contribution in [3.05, 3.63) is 34.9 Å². The third kappa shape index (κ3) is 4.27. The number of nitrogens with zero attached hydrogens (tertiary/aromatic N) is 2. The number of rotatable bonds is 5. The first-order chi connectivity index (χ1) is 12.5. The van der Waals surface area contributed by atoms with Crippen LogP contribution in [0.4, 0.5) is 0 Å². The lowest BCUT2D eigenvalue weighted by Crippen LogP contribution is -2.40. The summed E-state index contributed by atoms with van der Waals surface area (Å²) < 4.78 is 0. The van der Waals surface area contributed by atoms with Gasteiger partial charge in [0.2, 0.25) is 0 Å². The van der Waals surface area contributed by atoms with E-state index in [4.69, 9.17) is 0 Å². The molecule has 5 nitrogen and oxygen atoms in total. The maximum absolute atomic E-state index is 13.0. The molecule has 2 fully saturated rings. The molecule has 1 aromatic carbocycles. The van der Waals surface area contributed by atoms with Crippen molar-refractivity contribution in [2.24, 2.45) is 17.8 Å². The molecule has 2 saturated heterocycles. The third-order valence-corrected chi connectivity index (χ3v) is 6.18. The standard InChI is InChI=1S/C21H32N2O3/c1-15-3-4-16(2)20(9-15)21(26)23-11-18(19(12-23)14-25)10-22-7-5-17(13-24)6-8-22/h3-4,9,17-19,24-25H,5-8,10-14H2,1-2H3/t18-,19-/m1/s1. The lowest BCUT2D eigenvalue weighted by atomic mass is 9.93. The van der Waals surface area contributed by atoms with Crippen LogP contribution >= 0.6 is 0 Å². The molecule has 0 aliphatic carbocycles. The van der Waals surface area contributed by atoms with Crippen molar-refractivity contribution in [1.82, 2.24) is 9.80 Å². The van der Waals surface area contributed by atoms with Crippen LogP contribution in [0.2, 0.25) is 0 Å². The van der Waals surface area contributed by atoms with Crippen LogP contribution in [-0.4, -0.2) is 71.9 Å². The molecular formula is C21H32N2O3. The van der Waals surface area contributed by atoms with Crippen molar-refractivity contribution in [3.63, 3.8) is 0 Å². The molecule has 0 unspecified atom stereocenters. The number of carbonyl (C=O) groups excluding carboxylic acids is 1. The fraction of sp³-hybridized carbons (Fsp3) is 0.667. The van der Waals surface area contributed by atoms with Gasteiger partial charge in [-0.25, -0.2) is 0 Å². The van der Waals surface area contributed by atoms with Crippen molar-refractivity contribution in [2.75, 3.05) is 45.9 Å². The summed E-state index contributed by atoms with van der Waals surface area (Å²) in [6.45, 7) is 8.71. The topological polar surface area (TPSA) is 64.0 Å². The largest absolute Gasteiger partial charge is 0.396 e. The van der Waals surface area contributed by atoms with E-state index in [0.29, 0.717) is 18.4 Å². The number of carbonyl (C=O) groups is 1. The minimum absolute atomic E-state index is 0.0890. The quantitative estimate of drug-likeness (QED) is 0.839. The molecule has 144 valence electrons. The fourth-order valence-corrected chi connectivity index (χ4v) is 4.34. The van der Waals surface area contributed by atoms with E-state index in [-0.39, 0.29) is 25.0 Å². The average molecular weight is 360 g/mol. The molecule has 2 atom stereocenters. The van der Waals surface area contributed by atoms with Gasteiger partial charge in [0.05, 0.1) is 0 Å². The van der Waals surface area contributed by atoms with Crippen molar-refractivity contribution in [2.45, 2.75) is 26.7 Å². The molecule has 1 amide bonds. The van der Waals surface area contributed by atoms with Gasteiger partial charge in [-0.15, -0.1) is 0 Å². The summed E-state index contributed by atoms with van der Waals surface area (Å²) in [6.07, 6.45) is 2.08. The molecule has 0 aromatic heterocycles. The SMILES string of the molecule is Cc1ccc(C)c(C(=O)N2C[C@@H](CN3CCC(CO)CC3)[C@@H](CO)C2)c1. The Hall–Kier alpha value is -1.43. The number of amides is 1. The molecule has 0 spiro atoms. The summed E-state index contributed by atoms with van der Waals surface area (Å²) in [4.78, 5) is 17.4. The minimum atomic E-state index is 0.0890. The van der Waals surface area contributed by atoms with Crippen LogP contribution < -0.4 is 0 Å². The first kappa shape index (κ1) is 19.3. The molecule has 0 bridgehead atoms. The molecule has 3 rings (SSSR count). The van der Waals surface area contributed by atoms with E-state index in [0.717, 1.165) is 55.7 Å². The zero-order chi connectivity index (χ0) is 18.7. The monoisotopic (exact) mass is 360 g/mol. The molecule has 2 aliphatic heterocycles. The second-order valence-electron chi connectivity index (χ2n) is 8.16. The first-order valence-electron chi connectivity index (χ1n) is 9.82. The Balaban J connectivity index is 1.63. The van der Waals surface area contributed by atoms with E-state index in [1.807, 2.05) is 36.9 Å². The number of hydrogen-bond acceptors (Lipinski definition) is 4. The second-order valence-corrected chi connectivity index (χ2v) is 8.16. The van der Waals surface area contributed by atoms with Crippen LogP contribution in [0.25, 0.3) is 0 Å². The molecular weight excluding hydrogens is 328 g/mol. The number of aliphatic hydroxyl groups excluding tert-OH is 2. The summed E-state index contributed by atoms with van der Waals surface area (Å²) in [5, 5.41) is 19.1. The number of aliphatic hydroxyl groups is 2. The van der Waals surface area contributed by atoms with Gasteiger partial charge in [-0.2, -0.15) is 0 Å². The van der Waals surface area contributed by atoms with Crippen LogP contribution in [-0.2, 0) is 0 Å². The Bertz CT molecular complexity index is 626. The lowest BCUT2D eigenvalue weighted by molar-refractivity contribution is 0.0775. The normalized spacial score (nSPS) is 25.0. The Morgan fingerprint density at radius 1 is 1.08 bits per heavy atom. The first-order valence-corrected chi connectivity index (χ1v) is 9.82. The number of likely N-dealkylation sites (tertiary alicyclic amines) is 2. The summed E-state index contributed by atoms with van der Waals surface area (Å²) >= 11 is 0. The number of piperidine rings is 1. The summed E-state index contributed by atoms with van der Waals surface area (Å²) in [6, 6.07) is 6.01. The van der Waals surface area contributed by atoms with Gasteiger partial charge in [-0.1, -0.05) is 17.7 Å². The zero-order valence-electron chi connectivity index (χ0n) is 16.0. The van der Waals surface area contributed by atoms with Gasteiger partial charge in [0.1, 0.15) is 0 Å². The average Bonchev–Trinajstić information content (AvgIpc) is 3.06. The highest BCUT2D eigenvalue weighted by Gasteiger charge is 2.36. The third-order valence-electron chi connectivity index (χ3n) is 6.18. The van der Waals surface area contributed by atoms with E-state index in [1.54, 1.807) is 0 Å². The molecule has 5 heteroatoms. The van der Waals surface area contributed by atoms with Crippen LogP contribution in [0.3, 0.4) is 0 Å². The Labute approximate surface area is 156 Å². The molecule has 0 radical (unpaired) electrons. The van der Waals surface area contributed by atoms with Gasteiger partial charge in [0.25, 0.3) is 5.91 Å². The van der Waals surface area contributed by atoms with Crippen molar-refractivity contribution >= 4 is 5.91 Å². The molecule has 2 aliphatic rings. The van der Waals surface area contributed by atoms with Crippen LogP contribution in [0.5, 0.6) is 0 Å². The number of benzene rings is 1. The van der Waals surface area contributed by atoms with E-state index in [2.05, 4.69) is 4.90 Å². The maximum Gasteiger partial charge on any atom is 0.254 e. The summed E-state index contributed by atoms with van der Waals surface area (Å²) in [7, 11) is 0. The fourth-order valence-electron chi connectivity index (χ4n) is 4.34. The van der Waals surface area contributed by atoms with Crippen molar-refractivity contribution in [3.8, 4) is 0 Å². The van der Waals surface area contributed by atoms with Crippen LogP contribution in [0.1, 0.15) is 34.3 Å². The van der Waals surface area contributed by atoms with Gasteiger partial charge >= 0.3 is 0 Å². The predicted molar refractivity (Wildman–Crippen MR) is 102 cm³/mol. The van der Waals surface area contributed by atoms with Crippen molar-refractivity contribution in [1.29, 1.82) is 0 Å². The second kappa shape index (κ2) is 8.51. The van der Waals surface area contributed by atoms with Crippen LogP contribution in [0.15, 0.2) is 18.2 Å². The molecule has 2 N–H and O–H groups in total. The molecule has 2 heterocycles. The lowest BCUT2D eigenvalue weighted by Gasteiger charge is -2.33. The van der Waals surface area contributed by atoms with E-state index < -0.39 is 0 Å². The molecule has 1 aromatic rings. The van der Waals surface area contributed by atoms with Gasteiger partial charge in [-0.05, 0) is 63.2 Å². The Morgan fingerprint density at radius 2 is 1.77 bits per heavy atom. The Kier molecular flexibility index (Phi) is 6.33. The number of hydrogen-bond donors (Lipinski definition) is 2. The molecule has 26 heavy (non-hydrogen) atoms. The minimum Gasteiger partial charge on any atom is -0.396 e. The van der Waals surface area contributed by atoms with Gasteiger partial charge in [0.15, 0.2) is 0 Å². The van der Waals surface area contributed by atoms with Gasteiger partial charge in [0, 0.05) is 44.3 Å². The number of aryl methyl sites for hydroxylation is 2. The van der Waals surface area contributed by atoms with Crippen LogP contribution in [0, 0.1) is 31.6 Å². The predicted octanol–water partition coefficient (Wildman–Crippen LogP) is 1.69. The van der Waals surface area contributed by atoms with Gasteiger partial charge < -0.3 is 20.0 Å². The van der Waals surface area contributed by atoms with E-state index in [9.17, 15) is 15.0 Å². The smallest absolute Gasteiger partial charge is 0.254 e. The highest BCUT2D eigenvalue weighted by molar-refractivity contribution is 5.96. The van der Waals surface area contributed by atoms with E-state index in [1.165, 1.54) is 0 Å². The molecule has 0 saturated carbocycles. The van der Waals surface area contributed by atoms with Crippen molar-refractivity contribution < 1.29 is 15.0 Å². The maximum atomic E-state index is 13.0. The summed E-state index contributed by atoms with van der Waals surface area (Å²) in [5.74, 6) is 0.997. The Morgan fingerprint density at radius 3 is 2.42 bits per heavy atom. The highest BCUT2D eigenvalue weighted by atomic mass is 16.3. The zero-order valence-corrected chi connectivity index (χ0v) is 16.0. The summed E-state index contributed by atoms with van der Waals surface area (Å²) in [5.41, 5.74) is 2.89. The van der Waals surface area contributed by atoms with Gasteiger partial charge in [-0.3, -0.25) is 4.79 Å². The highest BCUT2D eigenvalue weighted by Crippen LogP contribution is 2.28. The van der Waals surface area contributed by atoms with E-state index >= 15 is 0 Å².